The highest BCUT2D eigenvalue weighted by Gasteiger charge is 2.45. The molecule has 1 amide bonds. The van der Waals surface area contributed by atoms with Crippen LogP contribution in [0.2, 0.25) is 0 Å². The fourth-order valence-electron chi connectivity index (χ4n) is 3.92. The van der Waals surface area contributed by atoms with E-state index in [-0.39, 0.29) is 16.5 Å². The summed E-state index contributed by atoms with van der Waals surface area (Å²) >= 11 is 5.99. The number of aromatic nitrogens is 2. The second-order valence-corrected chi connectivity index (χ2v) is 11.4. The number of aliphatic hydroxyl groups is 1. The molecule has 1 aliphatic heterocycles. The van der Waals surface area contributed by atoms with Gasteiger partial charge in [0.05, 0.1) is 11.6 Å². The maximum atomic E-state index is 13.3. The van der Waals surface area contributed by atoms with E-state index in [0.29, 0.717) is 15.7 Å². The number of benzene rings is 3. The van der Waals surface area contributed by atoms with Crippen molar-refractivity contribution < 1.29 is 19.1 Å². The van der Waals surface area contributed by atoms with Crippen LogP contribution in [-0.4, -0.2) is 27.0 Å². The Hall–Kier alpha value is -3.60. The molecule has 1 atom stereocenters. The molecule has 1 aliphatic rings. The highest BCUT2D eigenvalue weighted by Crippen LogP contribution is 2.43. The SMILES string of the molecule is O=C(/C=C/c1ccccc1)C1=C(O)C(=O)N(c2nnc(SCc3ccc(F)cc3)s2)C1c1ccc(Br)cc1. The van der Waals surface area contributed by atoms with E-state index in [0.717, 1.165) is 15.6 Å². The molecule has 1 aromatic heterocycles. The third kappa shape index (κ3) is 5.62. The Morgan fingerprint density at radius 2 is 1.76 bits per heavy atom. The molecule has 6 nitrogen and oxygen atoms in total. The number of ketones is 1. The summed E-state index contributed by atoms with van der Waals surface area (Å²) in [6.07, 6.45) is 3.00. The van der Waals surface area contributed by atoms with Crippen LogP contribution in [0.1, 0.15) is 22.7 Å². The van der Waals surface area contributed by atoms with Crippen molar-refractivity contribution in [1.82, 2.24) is 10.2 Å². The molecular weight excluding hydrogens is 589 g/mol. The number of hydrogen-bond donors (Lipinski definition) is 1. The molecular formula is C28H19BrFN3O3S2. The van der Waals surface area contributed by atoms with Crippen molar-refractivity contribution in [2.45, 2.75) is 16.1 Å². The number of rotatable bonds is 8. The zero-order valence-corrected chi connectivity index (χ0v) is 22.8. The molecule has 0 fully saturated rings. The molecule has 1 unspecified atom stereocenters. The summed E-state index contributed by atoms with van der Waals surface area (Å²) in [6, 6.07) is 21.8. The minimum absolute atomic E-state index is 0.0276. The number of aliphatic hydroxyl groups excluding tert-OH is 1. The van der Waals surface area contributed by atoms with Gasteiger partial charge in [-0.05, 0) is 47.0 Å². The van der Waals surface area contributed by atoms with Crippen LogP contribution in [-0.2, 0) is 15.3 Å². The zero-order valence-electron chi connectivity index (χ0n) is 19.6. The highest BCUT2D eigenvalue weighted by molar-refractivity contribution is 9.10. The van der Waals surface area contributed by atoms with Crippen molar-refractivity contribution in [3.8, 4) is 0 Å². The van der Waals surface area contributed by atoms with Crippen LogP contribution in [0.5, 0.6) is 0 Å². The lowest BCUT2D eigenvalue weighted by Crippen LogP contribution is -2.30. The van der Waals surface area contributed by atoms with Crippen molar-refractivity contribution in [3.63, 3.8) is 0 Å². The first-order valence-corrected chi connectivity index (χ1v) is 14.0. The Morgan fingerprint density at radius 1 is 1.05 bits per heavy atom. The third-order valence-electron chi connectivity index (χ3n) is 5.76. The van der Waals surface area contributed by atoms with Crippen LogP contribution >= 0.6 is 39.0 Å². The van der Waals surface area contributed by atoms with Crippen molar-refractivity contribution in [1.29, 1.82) is 0 Å². The number of hydrogen-bond acceptors (Lipinski definition) is 7. The van der Waals surface area contributed by atoms with Gasteiger partial charge in [-0.3, -0.25) is 14.5 Å². The summed E-state index contributed by atoms with van der Waals surface area (Å²) in [6.45, 7) is 0. The molecule has 0 bridgehead atoms. The number of anilines is 1. The van der Waals surface area contributed by atoms with Crippen LogP contribution in [0.15, 0.2) is 105 Å². The second kappa shape index (κ2) is 11.4. The number of thioether (sulfide) groups is 1. The molecule has 0 spiro atoms. The van der Waals surface area contributed by atoms with Gasteiger partial charge in [0, 0.05) is 10.2 Å². The van der Waals surface area contributed by atoms with Crippen molar-refractivity contribution in [3.05, 3.63) is 123 Å². The predicted molar refractivity (Wildman–Crippen MR) is 150 cm³/mol. The topological polar surface area (TPSA) is 83.4 Å². The van der Waals surface area contributed by atoms with E-state index >= 15 is 0 Å². The fourth-order valence-corrected chi connectivity index (χ4v) is 6.01. The van der Waals surface area contributed by atoms with E-state index in [4.69, 9.17) is 0 Å². The highest BCUT2D eigenvalue weighted by atomic mass is 79.9. The van der Waals surface area contributed by atoms with Crippen molar-refractivity contribution in [2.75, 3.05) is 4.90 Å². The van der Waals surface area contributed by atoms with Gasteiger partial charge < -0.3 is 5.11 Å². The van der Waals surface area contributed by atoms with Gasteiger partial charge in [-0.25, -0.2) is 4.39 Å². The smallest absolute Gasteiger partial charge is 0.296 e. The van der Waals surface area contributed by atoms with Gasteiger partial charge in [-0.15, -0.1) is 10.2 Å². The Balaban J connectivity index is 1.45. The van der Waals surface area contributed by atoms with Crippen LogP contribution in [0.3, 0.4) is 0 Å². The average Bonchev–Trinajstić information content (AvgIpc) is 3.50. The summed E-state index contributed by atoms with van der Waals surface area (Å²) in [5.74, 6) is -1.58. The summed E-state index contributed by atoms with van der Waals surface area (Å²) in [4.78, 5) is 27.9. The van der Waals surface area contributed by atoms with E-state index in [1.165, 1.54) is 46.2 Å². The van der Waals surface area contributed by atoms with Gasteiger partial charge in [0.2, 0.25) is 5.13 Å². The van der Waals surface area contributed by atoms with Gasteiger partial charge in [0.25, 0.3) is 5.91 Å². The van der Waals surface area contributed by atoms with E-state index in [9.17, 15) is 19.1 Å². The molecule has 0 radical (unpaired) electrons. The maximum absolute atomic E-state index is 13.3. The van der Waals surface area contributed by atoms with Gasteiger partial charge in [0.1, 0.15) is 5.82 Å². The first-order valence-electron chi connectivity index (χ1n) is 11.4. The van der Waals surface area contributed by atoms with Crippen LogP contribution in [0.4, 0.5) is 9.52 Å². The summed E-state index contributed by atoms with van der Waals surface area (Å²) in [5.41, 5.74) is 2.34. The van der Waals surface area contributed by atoms with E-state index < -0.39 is 23.5 Å². The molecule has 190 valence electrons. The Kier molecular flexibility index (Phi) is 7.82. The quantitative estimate of drug-likeness (QED) is 0.133. The lowest BCUT2D eigenvalue weighted by molar-refractivity contribution is -0.117. The molecule has 0 saturated heterocycles. The molecule has 38 heavy (non-hydrogen) atoms. The monoisotopic (exact) mass is 607 g/mol. The molecule has 2 heterocycles. The Bertz CT molecular complexity index is 1540. The minimum atomic E-state index is -0.883. The van der Waals surface area contributed by atoms with E-state index in [2.05, 4.69) is 26.1 Å². The van der Waals surface area contributed by atoms with Crippen LogP contribution in [0, 0.1) is 5.82 Å². The fraction of sp³-hybridized carbons (Fsp3) is 0.0714. The number of nitrogens with zero attached hydrogens (tertiary/aromatic N) is 3. The van der Waals surface area contributed by atoms with Gasteiger partial charge >= 0.3 is 0 Å². The molecule has 3 aromatic carbocycles. The average molecular weight is 609 g/mol. The molecule has 0 saturated carbocycles. The molecule has 10 heteroatoms. The maximum Gasteiger partial charge on any atom is 0.296 e. The number of allylic oxidation sites excluding steroid dienone is 1. The number of halogens is 2. The zero-order chi connectivity index (χ0) is 26.6. The second-order valence-electron chi connectivity index (χ2n) is 8.27. The van der Waals surface area contributed by atoms with Gasteiger partial charge in [0.15, 0.2) is 15.9 Å². The predicted octanol–water partition coefficient (Wildman–Crippen LogP) is 6.91. The van der Waals surface area contributed by atoms with Crippen LogP contribution < -0.4 is 4.90 Å². The number of carbonyl (C=O) groups is 2. The first kappa shape index (κ1) is 26.0. The first-order chi connectivity index (χ1) is 18.4. The lowest BCUT2D eigenvalue weighted by Gasteiger charge is -2.23. The number of amides is 1. The normalized spacial score (nSPS) is 15.6. The Morgan fingerprint density at radius 3 is 2.47 bits per heavy atom. The standard InChI is InChI=1S/C28H19BrFN3O3S2/c29-20-11-9-19(10-12-20)24-23(22(34)15-8-17-4-2-1-3-5-17)25(35)26(36)33(24)27-31-32-28(38-27)37-16-18-6-13-21(30)14-7-18/h1-15,24,35H,16H2/b15-8+. The molecule has 1 N–H and O–H groups in total. The minimum Gasteiger partial charge on any atom is -0.503 e. The summed E-state index contributed by atoms with van der Waals surface area (Å²) < 4.78 is 14.6. The molecule has 5 rings (SSSR count). The largest absolute Gasteiger partial charge is 0.503 e. The number of carbonyl (C=O) groups excluding carboxylic acids is 2. The lowest BCUT2D eigenvalue weighted by atomic mass is 9.96. The third-order valence-corrected chi connectivity index (χ3v) is 8.42. The van der Waals surface area contributed by atoms with Crippen LogP contribution in [0.25, 0.3) is 6.08 Å². The van der Waals surface area contributed by atoms with E-state index in [1.54, 1.807) is 42.5 Å². The van der Waals surface area contributed by atoms with Crippen molar-refractivity contribution in [2.24, 2.45) is 0 Å². The summed E-state index contributed by atoms with van der Waals surface area (Å²) in [7, 11) is 0. The van der Waals surface area contributed by atoms with Gasteiger partial charge in [-0.2, -0.15) is 0 Å². The van der Waals surface area contributed by atoms with Crippen molar-refractivity contribution >= 4 is 61.9 Å². The molecule has 0 aliphatic carbocycles. The molecule has 4 aromatic rings. The van der Waals surface area contributed by atoms with Gasteiger partial charge in [-0.1, -0.05) is 99.7 Å². The Labute approximate surface area is 234 Å². The van der Waals surface area contributed by atoms with E-state index in [1.807, 2.05) is 30.3 Å². The summed E-state index contributed by atoms with van der Waals surface area (Å²) in [5, 5.41) is 19.5.